The van der Waals surface area contributed by atoms with Crippen LogP contribution in [0.4, 0.5) is 0 Å². The lowest BCUT2D eigenvalue weighted by Crippen LogP contribution is -2.15. The van der Waals surface area contributed by atoms with Crippen LogP contribution in [0.5, 0.6) is 0 Å². The van der Waals surface area contributed by atoms with Crippen molar-refractivity contribution in [3.05, 3.63) is 22.8 Å². The lowest BCUT2D eigenvalue weighted by molar-refractivity contribution is 0.339. The number of hydrogen-bond donors (Lipinski definition) is 1. The van der Waals surface area contributed by atoms with Gasteiger partial charge in [0, 0.05) is 11.0 Å². The second-order valence-corrected chi connectivity index (χ2v) is 5.99. The van der Waals surface area contributed by atoms with Gasteiger partial charge >= 0.3 is 0 Å². The summed E-state index contributed by atoms with van der Waals surface area (Å²) in [5.41, 5.74) is 4.14. The molecular formula is C17H26O. The largest absolute Gasteiger partial charge is 0.392 e. The third-order valence-corrected chi connectivity index (χ3v) is 4.22. The Balaban J connectivity index is 2.82. The van der Waals surface area contributed by atoms with E-state index in [1.807, 2.05) is 6.08 Å². The number of allylic oxidation sites excluding steroid dienone is 3. The van der Waals surface area contributed by atoms with E-state index in [-0.39, 0.29) is 12.0 Å². The standard InChI is InChI=1S/C17H26O/c1-6-16-15(13(2)3)8-11-17(16,5)10-7-14(4)9-12-18/h1,9,13,18H,7-8,10-12H2,2-5H3/b14-9+/t17-/m0/s1. The molecule has 0 unspecified atom stereocenters. The van der Waals surface area contributed by atoms with Crippen LogP contribution in [0.2, 0.25) is 0 Å². The normalized spacial score (nSPS) is 24.8. The molecule has 0 bridgehead atoms. The average Bonchev–Trinajstić information content (AvgIpc) is 2.65. The van der Waals surface area contributed by atoms with Gasteiger partial charge in [0.05, 0.1) is 6.61 Å². The van der Waals surface area contributed by atoms with Gasteiger partial charge in [-0.05, 0) is 38.5 Å². The van der Waals surface area contributed by atoms with Crippen LogP contribution in [0.25, 0.3) is 0 Å². The van der Waals surface area contributed by atoms with E-state index in [2.05, 4.69) is 33.6 Å². The van der Waals surface area contributed by atoms with Crippen molar-refractivity contribution in [1.82, 2.24) is 0 Å². The van der Waals surface area contributed by atoms with E-state index in [1.165, 1.54) is 23.1 Å². The fourth-order valence-corrected chi connectivity index (χ4v) is 2.87. The highest BCUT2D eigenvalue weighted by molar-refractivity contribution is 5.41. The van der Waals surface area contributed by atoms with Crippen LogP contribution in [0.1, 0.15) is 53.4 Å². The molecule has 0 aliphatic heterocycles. The summed E-state index contributed by atoms with van der Waals surface area (Å²) >= 11 is 0. The molecule has 1 nitrogen and oxygen atoms in total. The first-order chi connectivity index (χ1) is 8.44. The van der Waals surface area contributed by atoms with Crippen LogP contribution >= 0.6 is 0 Å². The topological polar surface area (TPSA) is 20.2 Å². The Morgan fingerprint density at radius 2 is 2.22 bits per heavy atom. The summed E-state index contributed by atoms with van der Waals surface area (Å²) in [5, 5.41) is 8.89. The summed E-state index contributed by atoms with van der Waals surface area (Å²) < 4.78 is 0. The van der Waals surface area contributed by atoms with E-state index in [0.717, 1.165) is 19.3 Å². The van der Waals surface area contributed by atoms with Crippen molar-refractivity contribution in [2.45, 2.75) is 53.4 Å². The molecule has 0 aromatic carbocycles. The van der Waals surface area contributed by atoms with Gasteiger partial charge in [-0.2, -0.15) is 0 Å². The predicted octanol–water partition coefficient (Wildman–Crippen LogP) is 4.09. The summed E-state index contributed by atoms with van der Waals surface area (Å²) in [6, 6.07) is 0. The van der Waals surface area contributed by atoms with Crippen molar-refractivity contribution in [3.63, 3.8) is 0 Å². The Hall–Kier alpha value is -1.00. The van der Waals surface area contributed by atoms with Crippen LogP contribution in [0.3, 0.4) is 0 Å². The molecular weight excluding hydrogens is 220 g/mol. The van der Waals surface area contributed by atoms with E-state index < -0.39 is 0 Å². The second kappa shape index (κ2) is 6.25. The van der Waals surface area contributed by atoms with Gasteiger partial charge in [0.25, 0.3) is 0 Å². The number of rotatable bonds is 5. The van der Waals surface area contributed by atoms with Crippen molar-refractivity contribution in [2.24, 2.45) is 11.3 Å². The average molecular weight is 246 g/mol. The second-order valence-electron chi connectivity index (χ2n) is 5.99. The smallest absolute Gasteiger partial charge is 0.0614 e. The fourth-order valence-electron chi connectivity index (χ4n) is 2.87. The monoisotopic (exact) mass is 246 g/mol. The SMILES string of the molecule is C#CC1=C(C(C)C)CC[C@]1(C)CC/C(C)=C/CO. The van der Waals surface area contributed by atoms with E-state index in [9.17, 15) is 0 Å². The van der Waals surface area contributed by atoms with Crippen LogP contribution in [-0.2, 0) is 0 Å². The van der Waals surface area contributed by atoms with Crippen molar-refractivity contribution < 1.29 is 5.11 Å². The Kier molecular flexibility index (Phi) is 5.23. The third kappa shape index (κ3) is 3.27. The molecule has 1 rings (SSSR count). The zero-order chi connectivity index (χ0) is 13.8. The molecule has 0 aromatic rings. The minimum absolute atomic E-state index is 0.137. The molecule has 0 aromatic heterocycles. The Labute approximate surface area is 112 Å². The summed E-state index contributed by atoms with van der Waals surface area (Å²) in [5.74, 6) is 3.51. The Morgan fingerprint density at radius 1 is 1.56 bits per heavy atom. The van der Waals surface area contributed by atoms with Gasteiger partial charge in [-0.1, -0.05) is 43.9 Å². The highest BCUT2D eigenvalue weighted by Gasteiger charge is 2.35. The highest BCUT2D eigenvalue weighted by Crippen LogP contribution is 2.48. The first-order valence-electron chi connectivity index (χ1n) is 6.91. The lowest BCUT2D eigenvalue weighted by atomic mass is 9.78. The molecule has 1 aliphatic carbocycles. The number of aliphatic hydroxyl groups is 1. The van der Waals surface area contributed by atoms with Gasteiger partial charge in [-0.3, -0.25) is 0 Å². The zero-order valence-electron chi connectivity index (χ0n) is 12.2. The van der Waals surface area contributed by atoms with Crippen LogP contribution in [0.15, 0.2) is 22.8 Å². The fraction of sp³-hybridized carbons (Fsp3) is 0.647. The first kappa shape index (κ1) is 15.1. The maximum absolute atomic E-state index is 8.89. The predicted molar refractivity (Wildman–Crippen MR) is 78.1 cm³/mol. The quantitative estimate of drug-likeness (QED) is 0.572. The number of aliphatic hydroxyl groups excluding tert-OH is 1. The first-order valence-corrected chi connectivity index (χ1v) is 6.91. The van der Waals surface area contributed by atoms with Gasteiger partial charge in [0.1, 0.15) is 0 Å². The molecule has 18 heavy (non-hydrogen) atoms. The Bertz CT molecular complexity index is 392. The molecule has 0 heterocycles. The number of hydrogen-bond acceptors (Lipinski definition) is 1. The molecule has 0 amide bonds. The third-order valence-electron chi connectivity index (χ3n) is 4.22. The molecule has 1 aliphatic rings. The molecule has 0 fully saturated rings. The minimum atomic E-state index is 0.137. The van der Waals surface area contributed by atoms with Crippen LogP contribution in [0, 0.1) is 23.7 Å². The molecule has 1 atom stereocenters. The van der Waals surface area contributed by atoms with E-state index in [0.29, 0.717) is 5.92 Å². The summed E-state index contributed by atoms with van der Waals surface area (Å²) in [7, 11) is 0. The van der Waals surface area contributed by atoms with Crippen LogP contribution in [-0.4, -0.2) is 11.7 Å². The maximum atomic E-state index is 8.89. The maximum Gasteiger partial charge on any atom is 0.0614 e. The van der Waals surface area contributed by atoms with Gasteiger partial charge < -0.3 is 5.11 Å². The zero-order valence-corrected chi connectivity index (χ0v) is 12.2. The lowest BCUT2D eigenvalue weighted by Gasteiger charge is -2.26. The molecule has 0 saturated heterocycles. The molecule has 0 saturated carbocycles. The molecule has 1 N–H and O–H groups in total. The molecule has 0 radical (unpaired) electrons. The Morgan fingerprint density at radius 3 is 2.72 bits per heavy atom. The van der Waals surface area contributed by atoms with Crippen molar-refractivity contribution in [1.29, 1.82) is 0 Å². The minimum Gasteiger partial charge on any atom is -0.392 e. The molecule has 0 spiro atoms. The van der Waals surface area contributed by atoms with Gasteiger partial charge in [-0.15, -0.1) is 6.42 Å². The van der Waals surface area contributed by atoms with Gasteiger partial charge in [-0.25, -0.2) is 0 Å². The van der Waals surface area contributed by atoms with E-state index >= 15 is 0 Å². The molecule has 100 valence electrons. The van der Waals surface area contributed by atoms with Crippen LogP contribution < -0.4 is 0 Å². The number of terminal acetylenes is 1. The van der Waals surface area contributed by atoms with Gasteiger partial charge in [0.2, 0.25) is 0 Å². The highest BCUT2D eigenvalue weighted by atomic mass is 16.2. The van der Waals surface area contributed by atoms with Gasteiger partial charge in [0.15, 0.2) is 0 Å². The van der Waals surface area contributed by atoms with Crippen molar-refractivity contribution in [3.8, 4) is 12.3 Å². The summed E-state index contributed by atoms with van der Waals surface area (Å²) in [6.07, 6.45) is 12.1. The van der Waals surface area contributed by atoms with E-state index in [4.69, 9.17) is 11.5 Å². The van der Waals surface area contributed by atoms with Crippen molar-refractivity contribution in [2.75, 3.05) is 6.61 Å². The van der Waals surface area contributed by atoms with E-state index in [1.54, 1.807) is 0 Å². The summed E-state index contributed by atoms with van der Waals surface area (Å²) in [4.78, 5) is 0. The molecule has 1 heteroatoms. The summed E-state index contributed by atoms with van der Waals surface area (Å²) in [6.45, 7) is 8.98. The van der Waals surface area contributed by atoms with Crippen molar-refractivity contribution >= 4 is 0 Å².